The third-order valence-corrected chi connectivity index (χ3v) is 4.91. The first-order chi connectivity index (χ1) is 12.2. The fraction of sp³-hybridized carbons (Fsp3) is 0.263. The van der Waals surface area contributed by atoms with Crippen molar-refractivity contribution in [1.82, 2.24) is 5.32 Å². The van der Waals surface area contributed by atoms with Crippen LogP contribution in [-0.4, -0.2) is 32.0 Å². The lowest BCUT2D eigenvalue weighted by atomic mass is 10.1. The lowest BCUT2D eigenvalue weighted by Gasteiger charge is -2.09. The third-order valence-electron chi connectivity index (χ3n) is 3.43. The monoisotopic (exact) mass is 374 g/mol. The SMILES string of the molecule is CC(C)NC(=O)c1ccc(CS(=O)(=O)CC(=O)Nc2ccccc2)cc1. The van der Waals surface area contributed by atoms with Gasteiger partial charge in [-0.1, -0.05) is 30.3 Å². The van der Waals surface area contributed by atoms with E-state index in [1.807, 2.05) is 13.8 Å². The van der Waals surface area contributed by atoms with E-state index in [4.69, 9.17) is 0 Å². The lowest BCUT2D eigenvalue weighted by molar-refractivity contribution is -0.113. The van der Waals surface area contributed by atoms with Gasteiger partial charge in [0, 0.05) is 17.3 Å². The highest BCUT2D eigenvalue weighted by Crippen LogP contribution is 2.11. The second kappa shape index (κ2) is 8.62. The number of sulfone groups is 1. The van der Waals surface area contributed by atoms with E-state index in [2.05, 4.69) is 10.6 Å². The normalized spacial score (nSPS) is 11.2. The number of carbonyl (C=O) groups excluding carboxylic acids is 2. The maximum Gasteiger partial charge on any atom is 0.251 e. The molecule has 0 saturated heterocycles. The molecule has 0 aliphatic heterocycles. The largest absolute Gasteiger partial charge is 0.350 e. The Bertz CT molecular complexity index is 860. The van der Waals surface area contributed by atoms with Gasteiger partial charge in [-0.2, -0.15) is 0 Å². The Kier molecular flexibility index (Phi) is 6.52. The van der Waals surface area contributed by atoms with Crippen LogP contribution >= 0.6 is 0 Å². The van der Waals surface area contributed by atoms with Gasteiger partial charge in [0.1, 0.15) is 5.75 Å². The number of nitrogens with one attached hydrogen (secondary N) is 2. The minimum Gasteiger partial charge on any atom is -0.350 e. The molecule has 0 aliphatic rings. The molecule has 0 unspecified atom stereocenters. The Labute approximate surface area is 153 Å². The number of rotatable bonds is 7. The van der Waals surface area contributed by atoms with Crippen LogP contribution in [0, 0.1) is 0 Å². The van der Waals surface area contributed by atoms with Crippen LogP contribution in [0.2, 0.25) is 0 Å². The molecule has 2 aromatic rings. The van der Waals surface area contributed by atoms with Gasteiger partial charge < -0.3 is 10.6 Å². The summed E-state index contributed by atoms with van der Waals surface area (Å²) in [6.45, 7) is 3.72. The van der Waals surface area contributed by atoms with Crippen LogP contribution in [0.15, 0.2) is 54.6 Å². The average Bonchev–Trinajstić information content (AvgIpc) is 2.54. The summed E-state index contributed by atoms with van der Waals surface area (Å²) in [5.41, 5.74) is 1.54. The van der Waals surface area contributed by atoms with Gasteiger partial charge in [-0.3, -0.25) is 9.59 Å². The van der Waals surface area contributed by atoms with E-state index in [-0.39, 0.29) is 17.7 Å². The summed E-state index contributed by atoms with van der Waals surface area (Å²) in [5.74, 6) is -1.65. The van der Waals surface area contributed by atoms with Crippen LogP contribution in [0.4, 0.5) is 5.69 Å². The number of para-hydroxylation sites is 1. The summed E-state index contributed by atoms with van der Waals surface area (Å²) >= 11 is 0. The maximum atomic E-state index is 12.2. The molecule has 2 rings (SSSR count). The van der Waals surface area contributed by atoms with Crippen molar-refractivity contribution in [1.29, 1.82) is 0 Å². The zero-order chi connectivity index (χ0) is 19.2. The summed E-state index contributed by atoms with van der Waals surface area (Å²) in [5, 5.41) is 5.32. The molecule has 0 spiro atoms. The quantitative estimate of drug-likeness (QED) is 0.778. The third kappa shape index (κ3) is 6.33. The van der Waals surface area contributed by atoms with E-state index in [0.29, 0.717) is 16.8 Å². The second-order valence-electron chi connectivity index (χ2n) is 6.27. The molecular formula is C19H22N2O4S. The molecule has 2 amide bonds. The van der Waals surface area contributed by atoms with E-state index in [9.17, 15) is 18.0 Å². The highest BCUT2D eigenvalue weighted by atomic mass is 32.2. The number of amides is 2. The van der Waals surface area contributed by atoms with Crippen LogP contribution in [0.1, 0.15) is 29.8 Å². The van der Waals surface area contributed by atoms with E-state index in [0.717, 1.165) is 0 Å². The molecule has 0 saturated carbocycles. The topological polar surface area (TPSA) is 92.3 Å². The molecule has 0 aromatic heterocycles. The maximum absolute atomic E-state index is 12.2. The number of hydrogen-bond acceptors (Lipinski definition) is 4. The molecule has 0 bridgehead atoms. The van der Waals surface area contributed by atoms with Crippen molar-refractivity contribution in [2.24, 2.45) is 0 Å². The molecule has 2 aromatic carbocycles. The van der Waals surface area contributed by atoms with Gasteiger partial charge in [-0.05, 0) is 43.7 Å². The van der Waals surface area contributed by atoms with Gasteiger partial charge in [0.2, 0.25) is 5.91 Å². The van der Waals surface area contributed by atoms with Gasteiger partial charge in [0.05, 0.1) is 5.75 Å². The highest BCUT2D eigenvalue weighted by Gasteiger charge is 2.18. The van der Waals surface area contributed by atoms with Crippen molar-refractivity contribution in [2.45, 2.75) is 25.6 Å². The lowest BCUT2D eigenvalue weighted by Crippen LogP contribution is -2.30. The van der Waals surface area contributed by atoms with Crippen molar-refractivity contribution in [3.8, 4) is 0 Å². The predicted octanol–water partition coefficient (Wildman–Crippen LogP) is 2.38. The van der Waals surface area contributed by atoms with Crippen LogP contribution < -0.4 is 10.6 Å². The second-order valence-corrected chi connectivity index (χ2v) is 8.34. The first kappa shape index (κ1) is 19.7. The summed E-state index contributed by atoms with van der Waals surface area (Å²) < 4.78 is 24.4. The standard InChI is InChI=1S/C19H22N2O4S/c1-14(2)20-19(23)16-10-8-15(9-11-16)12-26(24,25)13-18(22)21-17-6-4-3-5-7-17/h3-11,14H,12-13H2,1-2H3,(H,20,23)(H,21,22). The first-order valence-electron chi connectivity index (χ1n) is 8.20. The minimum atomic E-state index is -3.62. The van der Waals surface area contributed by atoms with Crippen molar-refractivity contribution in [2.75, 3.05) is 11.1 Å². The molecule has 26 heavy (non-hydrogen) atoms. The Morgan fingerprint density at radius 1 is 0.962 bits per heavy atom. The molecular weight excluding hydrogens is 352 g/mol. The molecule has 6 nitrogen and oxygen atoms in total. The van der Waals surface area contributed by atoms with E-state index >= 15 is 0 Å². The van der Waals surface area contributed by atoms with E-state index in [1.54, 1.807) is 54.6 Å². The predicted molar refractivity (Wildman–Crippen MR) is 102 cm³/mol. The fourth-order valence-corrected chi connectivity index (χ4v) is 3.60. The van der Waals surface area contributed by atoms with Gasteiger partial charge >= 0.3 is 0 Å². The number of carbonyl (C=O) groups is 2. The summed E-state index contributed by atoms with van der Waals surface area (Å²) in [6, 6.07) is 15.0. The average molecular weight is 374 g/mol. The van der Waals surface area contributed by atoms with E-state index < -0.39 is 21.5 Å². The van der Waals surface area contributed by atoms with Crippen molar-refractivity contribution < 1.29 is 18.0 Å². The van der Waals surface area contributed by atoms with Gasteiger partial charge in [-0.15, -0.1) is 0 Å². The Morgan fingerprint density at radius 3 is 2.15 bits per heavy atom. The van der Waals surface area contributed by atoms with Crippen molar-refractivity contribution in [3.63, 3.8) is 0 Å². The molecule has 7 heteroatoms. The van der Waals surface area contributed by atoms with E-state index in [1.165, 1.54) is 0 Å². The molecule has 138 valence electrons. The molecule has 0 radical (unpaired) electrons. The summed E-state index contributed by atoms with van der Waals surface area (Å²) in [4.78, 5) is 23.8. The Morgan fingerprint density at radius 2 is 1.58 bits per heavy atom. The van der Waals surface area contributed by atoms with Crippen molar-refractivity contribution >= 4 is 27.3 Å². The van der Waals surface area contributed by atoms with Crippen LogP contribution in [0.3, 0.4) is 0 Å². The molecule has 0 heterocycles. The Hall–Kier alpha value is -2.67. The zero-order valence-electron chi connectivity index (χ0n) is 14.7. The van der Waals surface area contributed by atoms with Crippen LogP contribution in [0.25, 0.3) is 0 Å². The minimum absolute atomic E-state index is 0.0191. The Balaban J connectivity index is 1.96. The fourth-order valence-electron chi connectivity index (χ4n) is 2.32. The summed E-state index contributed by atoms with van der Waals surface area (Å²) in [7, 11) is -3.62. The number of hydrogen-bond donors (Lipinski definition) is 2. The zero-order valence-corrected chi connectivity index (χ0v) is 15.5. The molecule has 0 aliphatic carbocycles. The van der Waals surface area contributed by atoms with Crippen molar-refractivity contribution in [3.05, 3.63) is 65.7 Å². The van der Waals surface area contributed by atoms with Gasteiger partial charge in [-0.25, -0.2) is 8.42 Å². The van der Waals surface area contributed by atoms with Gasteiger partial charge in [0.15, 0.2) is 9.84 Å². The smallest absolute Gasteiger partial charge is 0.251 e. The van der Waals surface area contributed by atoms with Gasteiger partial charge in [0.25, 0.3) is 5.91 Å². The first-order valence-corrected chi connectivity index (χ1v) is 10.0. The molecule has 2 N–H and O–H groups in total. The molecule has 0 atom stereocenters. The molecule has 0 fully saturated rings. The number of anilines is 1. The summed E-state index contributed by atoms with van der Waals surface area (Å²) in [6.07, 6.45) is 0. The highest BCUT2D eigenvalue weighted by molar-refractivity contribution is 7.91. The van der Waals surface area contributed by atoms with Crippen LogP contribution in [-0.2, 0) is 20.4 Å². The number of benzene rings is 2. The van der Waals surface area contributed by atoms with Crippen LogP contribution in [0.5, 0.6) is 0 Å².